The van der Waals surface area contributed by atoms with Crippen LogP contribution in [0.4, 0.5) is 5.69 Å². The van der Waals surface area contributed by atoms with E-state index in [1.54, 1.807) is 14.2 Å². The molecule has 0 aliphatic carbocycles. The number of fused-ring (bicyclic) bond motifs is 1. The Morgan fingerprint density at radius 3 is 1.89 bits per heavy atom. The van der Waals surface area contributed by atoms with Gasteiger partial charge in [-0.15, -0.1) is 0 Å². The number of rotatable bonds is 11. The van der Waals surface area contributed by atoms with Gasteiger partial charge in [0.1, 0.15) is 17.2 Å². The summed E-state index contributed by atoms with van der Waals surface area (Å²) in [5, 5.41) is 1.72. The molecular weight excluding hydrogens is 590 g/mol. The lowest BCUT2D eigenvalue weighted by molar-refractivity contribution is 0.0509. The fraction of sp³-hybridized carbons (Fsp3) is 0.250. The summed E-state index contributed by atoms with van der Waals surface area (Å²) in [4.78, 5) is 22.1. The van der Waals surface area contributed by atoms with Gasteiger partial charge in [-0.2, -0.15) is 0 Å². The molecule has 9 heteroatoms. The van der Waals surface area contributed by atoms with E-state index in [1.165, 1.54) is 0 Å². The van der Waals surface area contributed by atoms with Crippen LogP contribution in [0, 0.1) is 0 Å². The van der Waals surface area contributed by atoms with Gasteiger partial charge in [-0.25, -0.2) is 0 Å². The van der Waals surface area contributed by atoms with E-state index in [-0.39, 0.29) is 25.4 Å². The molecule has 0 unspecified atom stereocenters. The first-order chi connectivity index (χ1) is 22.1. The number of hydrogen-bond donors (Lipinski definition) is 1. The predicted octanol–water partition coefficient (Wildman–Crippen LogP) is 6.93. The van der Waals surface area contributed by atoms with Gasteiger partial charge in [0.25, 0.3) is 5.91 Å². The summed E-state index contributed by atoms with van der Waals surface area (Å²) in [5.74, 6) is 1.13. The van der Waals surface area contributed by atoms with E-state index in [2.05, 4.69) is 16.0 Å². The van der Waals surface area contributed by atoms with Crippen LogP contribution in [0.2, 0.25) is 5.02 Å². The van der Waals surface area contributed by atoms with E-state index in [1.807, 2.05) is 95.9 Å². The second kappa shape index (κ2) is 14.1. The molecule has 5 aromatic rings. The number of piperazine rings is 1. The molecule has 0 spiro atoms. The Labute approximate surface area is 268 Å². The van der Waals surface area contributed by atoms with Crippen LogP contribution in [0.25, 0.3) is 10.9 Å². The Balaban J connectivity index is 1.38. The minimum atomic E-state index is -0.252. The normalized spacial score (nSPS) is 13.4. The van der Waals surface area contributed by atoms with Gasteiger partial charge in [0.05, 0.1) is 10.7 Å². The number of nitrogens with one attached hydrogen (secondary N) is 1. The number of hydrogen-bond acceptors (Lipinski definition) is 6. The highest BCUT2D eigenvalue weighted by Crippen LogP contribution is 2.40. The second-order valence-electron chi connectivity index (χ2n) is 10.9. The van der Waals surface area contributed by atoms with Crippen molar-refractivity contribution < 1.29 is 23.7 Å². The number of aromatic nitrogens is 1. The first-order valence-electron chi connectivity index (χ1n) is 14.9. The van der Waals surface area contributed by atoms with Crippen LogP contribution in [-0.2, 0) is 9.47 Å². The van der Waals surface area contributed by atoms with Crippen molar-refractivity contribution in [2.75, 3.05) is 58.9 Å². The Morgan fingerprint density at radius 2 is 1.31 bits per heavy atom. The number of amides is 1. The average molecular weight is 626 g/mol. The summed E-state index contributed by atoms with van der Waals surface area (Å²) in [6.07, 6.45) is 0. The van der Waals surface area contributed by atoms with Gasteiger partial charge in [0, 0.05) is 62.8 Å². The molecule has 1 saturated heterocycles. The van der Waals surface area contributed by atoms with Gasteiger partial charge in [0.15, 0.2) is 13.6 Å². The summed E-state index contributed by atoms with van der Waals surface area (Å²) in [5.41, 5.74) is 5.47. The van der Waals surface area contributed by atoms with Crippen LogP contribution in [-0.4, -0.2) is 69.8 Å². The van der Waals surface area contributed by atoms with E-state index in [0.29, 0.717) is 43.4 Å². The van der Waals surface area contributed by atoms with Crippen LogP contribution < -0.4 is 14.4 Å². The van der Waals surface area contributed by atoms with Crippen LogP contribution >= 0.6 is 11.6 Å². The maximum absolute atomic E-state index is 14.4. The maximum Gasteiger partial charge on any atom is 0.270 e. The van der Waals surface area contributed by atoms with Crippen molar-refractivity contribution >= 4 is 34.1 Å². The van der Waals surface area contributed by atoms with Crippen molar-refractivity contribution in [2.45, 2.75) is 5.92 Å². The first kappa shape index (κ1) is 30.5. The van der Waals surface area contributed by atoms with E-state index in [0.717, 1.165) is 38.3 Å². The Hall–Kier alpha value is -4.50. The lowest BCUT2D eigenvalue weighted by Gasteiger charge is -2.36. The Bertz CT molecular complexity index is 1680. The highest BCUT2D eigenvalue weighted by Gasteiger charge is 2.31. The quantitative estimate of drug-likeness (QED) is 0.161. The molecule has 1 fully saturated rings. The number of carbonyl (C=O) groups is 1. The number of aromatic amines is 1. The molecule has 0 bridgehead atoms. The molecule has 6 rings (SSSR count). The molecule has 0 atom stereocenters. The SMILES string of the molecule is COCOc1ccc(C(c2ccc(OCOC)cc2)c2c(C(=O)N3CCN(c4ccccc4Cl)CC3)[nH]c3ccccc23)cc1. The molecule has 2 heterocycles. The smallest absolute Gasteiger partial charge is 0.270 e. The van der Waals surface area contributed by atoms with Gasteiger partial charge in [-0.05, 0) is 53.6 Å². The second-order valence-corrected chi connectivity index (χ2v) is 11.3. The van der Waals surface area contributed by atoms with Crippen molar-refractivity contribution in [1.82, 2.24) is 9.88 Å². The monoisotopic (exact) mass is 625 g/mol. The minimum absolute atomic E-state index is 0.0231. The van der Waals surface area contributed by atoms with Crippen LogP contribution in [0.1, 0.15) is 33.1 Å². The molecule has 1 N–H and O–H groups in total. The summed E-state index contributed by atoms with van der Waals surface area (Å²) in [6, 6.07) is 31.8. The molecular formula is C36H36ClN3O5. The zero-order valence-corrected chi connectivity index (χ0v) is 26.1. The molecule has 45 heavy (non-hydrogen) atoms. The maximum atomic E-state index is 14.4. The lowest BCUT2D eigenvalue weighted by Crippen LogP contribution is -2.49. The van der Waals surface area contributed by atoms with Gasteiger partial charge >= 0.3 is 0 Å². The predicted molar refractivity (Wildman–Crippen MR) is 177 cm³/mol. The first-order valence-corrected chi connectivity index (χ1v) is 15.3. The highest BCUT2D eigenvalue weighted by molar-refractivity contribution is 6.33. The van der Waals surface area contributed by atoms with Gasteiger partial charge in [0.2, 0.25) is 0 Å². The number of H-pyrrole nitrogens is 1. The zero-order chi connectivity index (χ0) is 31.2. The number of halogens is 1. The van der Waals surface area contributed by atoms with Crippen molar-refractivity contribution in [3.8, 4) is 11.5 Å². The zero-order valence-electron chi connectivity index (χ0n) is 25.4. The summed E-state index contributed by atoms with van der Waals surface area (Å²) in [6.45, 7) is 2.88. The van der Waals surface area contributed by atoms with E-state index < -0.39 is 0 Å². The number of methoxy groups -OCH3 is 2. The van der Waals surface area contributed by atoms with Crippen LogP contribution in [0.3, 0.4) is 0 Å². The van der Waals surface area contributed by atoms with E-state index in [4.69, 9.17) is 30.5 Å². The Morgan fingerprint density at radius 1 is 0.756 bits per heavy atom. The lowest BCUT2D eigenvalue weighted by atomic mass is 9.83. The van der Waals surface area contributed by atoms with Gasteiger partial charge in [-0.3, -0.25) is 4.79 Å². The van der Waals surface area contributed by atoms with E-state index >= 15 is 0 Å². The number of carbonyl (C=O) groups excluding carboxylic acids is 1. The molecule has 232 valence electrons. The fourth-order valence-electron chi connectivity index (χ4n) is 5.94. The van der Waals surface area contributed by atoms with Crippen molar-refractivity contribution in [3.63, 3.8) is 0 Å². The van der Waals surface area contributed by atoms with Crippen molar-refractivity contribution in [3.05, 3.63) is 124 Å². The third kappa shape index (κ3) is 6.63. The summed E-state index contributed by atoms with van der Waals surface area (Å²) in [7, 11) is 3.19. The largest absolute Gasteiger partial charge is 0.468 e. The van der Waals surface area contributed by atoms with Gasteiger partial charge < -0.3 is 33.7 Å². The van der Waals surface area contributed by atoms with E-state index in [9.17, 15) is 4.79 Å². The highest BCUT2D eigenvalue weighted by atomic mass is 35.5. The fourth-order valence-corrected chi connectivity index (χ4v) is 6.20. The average Bonchev–Trinajstić information content (AvgIpc) is 3.47. The number of ether oxygens (including phenoxy) is 4. The number of benzene rings is 4. The molecule has 1 aliphatic heterocycles. The number of para-hydroxylation sites is 2. The molecule has 0 radical (unpaired) electrons. The summed E-state index contributed by atoms with van der Waals surface area (Å²) < 4.78 is 21.5. The summed E-state index contributed by atoms with van der Waals surface area (Å²) >= 11 is 6.48. The number of anilines is 1. The molecule has 4 aromatic carbocycles. The van der Waals surface area contributed by atoms with Gasteiger partial charge in [-0.1, -0.05) is 66.2 Å². The molecule has 1 aromatic heterocycles. The van der Waals surface area contributed by atoms with Crippen LogP contribution in [0.5, 0.6) is 11.5 Å². The number of nitrogens with zero attached hydrogens (tertiary/aromatic N) is 2. The molecule has 1 aliphatic rings. The molecule has 1 amide bonds. The third-order valence-corrected chi connectivity index (χ3v) is 8.44. The molecule has 8 nitrogen and oxygen atoms in total. The third-order valence-electron chi connectivity index (χ3n) is 8.12. The molecule has 0 saturated carbocycles. The Kier molecular flexibility index (Phi) is 9.55. The van der Waals surface area contributed by atoms with Crippen molar-refractivity contribution in [2.24, 2.45) is 0 Å². The van der Waals surface area contributed by atoms with Crippen molar-refractivity contribution in [1.29, 1.82) is 0 Å². The topological polar surface area (TPSA) is 76.3 Å². The standard InChI is InChI=1S/C36H36ClN3O5/c1-42-23-44-27-15-11-25(12-16-27)33(26-13-17-28(18-14-26)45-24-43-2)34-29-7-3-5-9-31(29)38-35(34)36(41)40-21-19-39(20-22-40)32-10-6-4-8-30(32)37/h3-18,33,38H,19-24H2,1-2H3. The minimum Gasteiger partial charge on any atom is -0.468 e. The van der Waals surface area contributed by atoms with Crippen LogP contribution in [0.15, 0.2) is 97.1 Å².